The zero-order valence-electron chi connectivity index (χ0n) is 18.3. The lowest BCUT2D eigenvalue weighted by Crippen LogP contribution is -2.19. The van der Waals surface area contributed by atoms with Crippen LogP contribution in [-0.2, 0) is 4.79 Å². The van der Waals surface area contributed by atoms with E-state index in [0.717, 1.165) is 11.4 Å². The fourth-order valence-electron chi connectivity index (χ4n) is 3.11. The van der Waals surface area contributed by atoms with E-state index in [0.29, 0.717) is 28.7 Å². The molecule has 4 aromatic rings. The predicted octanol–water partition coefficient (Wildman–Crippen LogP) is 4.04. The van der Waals surface area contributed by atoms with Crippen molar-refractivity contribution in [2.75, 3.05) is 23.0 Å². The van der Waals surface area contributed by atoms with E-state index in [1.807, 2.05) is 37.3 Å². The van der Waals surface area contributed by atoms with Crippen molar-refractivity contribution in [3.05, 3.63) is 84.4 Å². The van der Waals surface area contributed by atoms with Crippen LogP contribution in [0.5, 0.6) is 5.75 Å². The molecule has 0 unspecified atom stereocenters. The molecule has 0 bridgehead atoms. The first kappa shape index (κ1) is 23.0. The van der Waals surface area contributed by atoms with Crippen molar-refractivity contribution in [2.45, 2.75) is 12.1 Å². The van der Waals surface area contributed by atoms with Crippen LogP contribution in [0.1, 0.15) is 17.3 Å². The van der Waals surface area contributed by atoms with Gasteiger partial charge in [-0.1, -0.05) is 42.1 Å². The number of thioether (sulfide) groups is 1. The number of hydrogen-bond donors (Lipinski definition) is 2. The first-order valence-corrected chi connectivity index (χ1v) is 11.5. The predicted molar refractivity (Wildman–Crippen MR) is 131 cm³/mol. The van der Waals surface area contributed by atoms with Crippen molar-refractivity contribution in [3.63, 3.8) is 0 Å². The van der Waals surface area contributed by atoms with Crippen LogP contribution in [0.2, 0.25) is 0 Å². The Bertz CT molecular complexity index is 1260. The molecule has 34 heavy (non-hydrogen) atoms. The van der Waals surface area contributed by atoms with Gasteiger partial charge in [0.1, 0.15) is 5.75 Å². The van der Waals surface area contributed by atoms with Gasteiger partial charge in [0, 0.05) is 5.69 Å². The molecule has 0 radical (unpaired) electrons. The number of amides is 2. The Morgan fingerprint density at radius 1 is 0.941 bits per heavy atom. The normalized spacial score (nSPS) is 10.5. The summed E-state index contributed by atoms with van der Waals surface area (Å²) >= 11 is 1.20. The van der Waals surface area contributed by atoms with Gasteiger partial charge in [-0.25, -0.2) is 0 Å². The van der Waals surface area contributed by atoms with E-state index < -0.39 is 0 Å². The average molecular weight is 475 g/mol. The highest BCUT2D eigenvalue weighted by Gasteiger charge is 2.15. The Morgan fingerprint density at radius 3 is 2.44 bits per heavy atom. The van der Waals surface area contributed by atoms with Gasteiger partial charge in [-0.15, -0.1) is 5.10 Å². The van der Waals surface area contributed by atoms with Gasteiger partial charge in [-0.3, -0.25) is 9.59 Å². The maximum absolute atomic E-state index is 12.8. The zero-order chi connectivity index (χ0) is 23.8. The molecule has 4 rings (SSSR count). The first-order valence-electron chi connectivity index (χ1n) is 10.5. The van der Waals surface area contributed by atoms with Crippen LogP contribution in [0.25, 0.3) is 5.69 Å². The Morgan fingerprint density at radius 2 is 1.68 bits per heavy atom. The smallest absolute Gasteiger partial charge is 0.257 e. The maximum Gasteiger partial charge on any atom is 0.257 e. The van der Waals surface area contributed by atoms with Crippen LogP contribution in [-0.4, -0.2) is 44.4 Å². The molecule has 2 N–H and O–H groups in total. The summed E-state index contributed by atoms with van der Waals surface area (Å²) in [4.78, 5) is 25.5. The van der Waals surface area contributed by atoms with Gasteiger partial charge in [0.05, 0.1) is 29.3 Å². The lowest BCUT2D eigenvalue weighted by atomic mass is 10.1. The first-order chi connectivity index (χ1) is 16.6. The zero-order valence-corrected chi connectivity index (χ0v) is 19.2. The highest BCUT2D eigenvalue weighted by atomic mass is 32.2. The molecule has 0 saturated heterocycles. The standard InChI is InChI=1S/C24H22N6O3S/c1-2-33-19-14-12-17(13-15-19)25-23(32)20-10-6-7-11-21(20)26-22(31)16-34-24-27-28-29-30(24)18-8-4-3-5-9-18/h3-15H,2,16H2,1H3,(H,25,32)(H,26,31). The quantitative estimate of drug-likeness (QED) is 0.352. The summed E-state index contributed by atoms with van der Waals surface area (Å²) in [7, 11) is 0. The SMILES string of the molecule is CCOc1ccc(NC(=O)c2ccccc2NC(=O)CSc2nnnn2-c2ccccc2)cc1. The molecule has 1 aromatic heterocycles. The third-order valence-corrected chi connectivity index (χ3v) is 5.56. The van der Waals surface area contributed by atoms with Gasteiger partial charge in [-0.05, 0) is 65.9 Å². The molecule has 172 valence electrons. The summed E-state index contributed by atoms with van der Waals surface area (Å²) < 4.78 is 6.99. The lowest BCUT2D eigenvalue weighted by Gasteiger charge is -2.12. The van der Waals surface area contributed by atoms with E-state index in [2.05, 4.69) is 26.2 Å². The van der Waals surface area contributed by atoms with Crippen LogP contribution >= 0.6 is 11.8 Å². The fraction of sp³-hybridized carbons (Fsp3) is 0.125. The van der Waals surface area contributed by atoms with Gasteiger partial charge < -0.3 is 15.4 Å². The van der Waals surface area contributed by atoms with Gasteiger partial charge >= 0.3 is 0 Å². The van der Waals surface area contributed by atoms with Crippen molar-refractivity contribution < 1.29 is 14.3 Å². The molecule has 3 aromatic carbocycles. The van der Waals surface area contributed by atoms with Crippen molar-refractivity contribution in [3.8, 4) is 11.4 Å². The number of nitrogens with zero attached hydrogens (tertiary/aromatic N) is 4. The molecule has 10 heteroatoms. The molecule has 0 aliphatic carbocycles. The van der Waals surface area contributed by atoms with Crippen molar-refractivity contribution in [1.29, 1.82) is 0 Å². The number of nitrogens with one attached hydrogen (secondary N) is 2. The highest BCUT2D eigenvalue weighted by Crippen LogP contribution is 2.21. The Hall–Kier alpha value is -4.18. The second-order valence-electron chi connectivity index (χ2n) is 7.00. The maximum atomic E-state index is 12.8. The molecule has 0 fully saturated rings. The number of carbonyl (C=O) groups is 2. The molecular weight excluding hydrogens is 452 g/mol. The lowest BCUT2D eigenvalue weighted by molar-refractivity contribution is -0.113. The minimum absolute atomic E-state index is 0.0715. The summed E-state index contributed by atoms with van der Waals surface area (Å²) in [6.45, 7) is 2.48. The molecule has 0 aliphatic heterocycles. The van der Waals surface area contributed by atoms with E-state index in [1.54, 1.807) is 53.2 Å². The summed E-state index contributed by atoms with van der Waals surface area (Å²) in [6.07, 6.45) is 0. The number of ether oxygens (including phenoxy) is 1. The molecule has 0 atom stereocenters. The monoisotopic (exact) mass is 474 g/mol. The van der Waals surface area contributed by atoms with Crippen LogP contribution < -0.4 is 15.4 Å². The minimum atomic E-state index is -0.333. The topological polar surface area (TPSA) is 111 Å². The summed E-state index contributed by atoms with van der Waals surface area (Å²) in [5.41, 5.74) is 2.19. The molecule has 1 heterocycles. The number of benzene rings is 3. The fourth-order valence-corrected chi connectivity index (χ4v) is 3.80. The second-order valence-corrected chi connectivity index (χ2v) is 7.95. The van der Waals surface area contributed by atoms with Gasteiger partial charge in [0.25, 0.3) is 5.91 Å². The molecule has 0 saturated carbocycles. The number of aromatic nitrogens is 4. The third kappa shape index (κ3) is 5.78. The van der Waals surface area contributed by atoms with Crippen molar-refractivity contribution in [2.24, 2.45) is 0 Å². The van der Waals surface area contributed by atoms with Crippen LogP contribution in [0.15, 0.2) is 84.0 Å². The largest absolute Gasteiger partial charge is 0.494 e. The number of anilines is 2. The van der Waals surface area contributed by atoms with E-state index >= 15 is 0 Å². The molecule has 2 amide bonds. The van der Waals surface area contributed by atoms with Crippen molar-refractivity contribution in [1.82, 2.24) is 20.2 Å². The highest BCUT2D eigenvalue weighted by molar-refractivity contribution is 7.99. The Kier molecular flexibility index (Phi) is 7.51. The average Bonchev–Trinajstić information content (AvgIpc) is 3.34. The van der Waals surface area contributed by atoms with Crippen molar-refractivity contribution >= 4 is 35.0 Å². The summed E-state index contributed by atoms with van der Waals surface area (Å²) in [5.74, 6) is 0.181. The molecule has 0 spiro atoms. The van der Waals surface area contributed by atoms with Crippen LogP contribution in [0.4, 0.5) is 11.4 Å². The number of para-hydroxylation sites is 2. The molecule has 0 aliphatic rings. The number of hydrogen-bond acceptors (Lipinski definition) is 7. The Labute approximate surface area is 200 Å². The second kappa shape index (κ2) is 11.1. The minimum Gasteiger partial charge on any atom is -0.494 e. The van der Waals surface area contributed by atoms with Crippen LogP contribution in [0, 0.1) is 0 Å². The molecule has 9 nitrogen and oxygen atoms in total. The Balaban J connectivity index is 1.39. The van der Waals surface area contributed by atoms with Crippen LogP contribution in [0.3, 0.4) is 0 Å². The molecular formula is C24H22N6O3S. The number of tetrazole rings is 1. The van der Waals surface area contributed by atoms with E-state index in [4.69, 9.17) is 4.74 Å². The van der Waals surface area contributed by atoms with Gasteiger partial charge in [0.15, 0.2) is 0 Å². The van der Waals surface area contributed by atoms with Gasteiger partial charge in [-0.2, -0.15) is 4.68 Å². The number of carbonyl (C=O) groups excluding carboxylic acids is 2. The summed E-state index contributed by atoms with van der Waals surface area (Å²) in [5, 5.41) is 17.8. The van der Waals surface area contributed by atoms with E-state index in [9.17, 15) is 9.59 Å². The van der Waals surface area contributed by atoms with Gasteiger partial charge in [0.2, 0.25) is 11.1 Å². The third-order valence-electron chi connectivity index (χ3n) is 4.64. The number of rotatable bonds is 9. The van der Waals surface area contributed by atoms with E-state index in [-0.39, 0.29) is 17.6 Å². The van der Waals surface area contributed by atoms with E-state index in [1.165, 1.54) is 11.8 Å². The summed E-state index contributed by atoms with van der Waals surface area (Å²) in [6, 6.07) is 23.3.